The summed E-state index contributed by atoms with van der Waals surface area (Å²) in [6, 6.07) is 19.3. The Balaban J connectivity index is 1.57. The van der Waals surface area contributed by atoms with Gasteiger partial charge in [-0.05, 0) is 100.0 Å². The molecule has 3 atom stereocenters. The number of hydrogen-bond donors (Lipinski definition) is 0. The summed E-state index contributed by atoms with van der Waals surface area (Å²) in [6.45, 7) is 18.9. The lowest BCUT2D eigenvalue weighted by molar-refractivity contribution is -0.00239. The Labute approximate surface area is 281 Å². The first-order valence-electron chi connectivity index (χ1n) is 16.6. The summed E-state index contributed by atoms with van der Waals surface area (Å²) < 4.78 is 26.7. The first-order valence-corrected chi connectivity index (χ1v) is 19.5. The van der Waals surface area contributed by atoms with E-state index in [0.717, 1.165) is 29.5 Å². The lowest BCUT2D eigenvalue weighted by Crippen LogP contribution is -2.50. The molecule has 2 aromatic carbocycles. The summed E-state index contributed by atoms with van der Waals surface area (Å²) in [5.74, 6) is -0.640. The van der Waals surface area contributed by atoms with E-state index in [1.54, 1.807) is 24.9 Å². The number of likely N-dealkylation sites (tertiary alicyclic amines) is 1. The third kappa shape index (κ3) is 9.08. The molecule has 0 N–H and O–H groups in total. The van der Waals surface area contributed by atoms with Crippen molar-refractivity contribution in [1.82, 2.24) is 14.8 Å². The van der Waals surface area contributed by atoms with Crippen LogP contribution in [0.2, 0.25) is 18.1 Å². The van der Waals surface area contributed by atoms with Crippen molar-refractivity contribution in [2.45, 2.75) is 116 Å². The predicted octanol–water partition coefficient (Wildman–Crippen LogP) is 8.88. The third-order valence-electron chi connectivity index (χ3n) is 9.37. The Morgan fingerprint density at radius 1 is 1.00 bits per heavy atom. The lowest BCUT2D eigenvalue weighted by atomic mass is 10.0. The SMILES string of the molecule is Cc1cc(CN(C)C(=O)c2ccc(C[C@@H]3CC[C@H]([C@H](O[Si](C)(C)C(C)(C)C)c4ccccc4)N3C(=O)OC(C)(C)C)cc2)cnc1F. The minimum Gasteiger partial charge on any atom is -0.444 e. The number of aromatic nitrogens is 1. The molecule has 2 amide bonds. The number of hydrogen-bond acceptors (Lipinski definition) is 5. The second-order valence-electron chi connectivity index (χ2n) is 15.4. The van der Waals surface area contributed by atoms with Crippen LogP contribution in [0.4, 0.5) is 9.18 Å². The molecule has 1 aromatic heterocycles. The van der Waals surface area contributed by atoms with Gasteiger partial charge in [-0.15, -0.1) is 0 Å². The van der Waals surface area contributed by atoms with Crippen LogP contribution < -0.4 is 0 Å². The van der Waals surface area contributed by atoms with Crippen molar-refractivity contribution < 1.29 is 23.1 Å². The van der Waals surface area contributed by atoms with Crippen molar-refractivity contribution in [1.29, 1.82) is 0 Å². The van der Waals surface area contributed by atoms with Crippen LogP contribution in [0, 0.1) is 12.9 Å². The number of carbonyl (C=O) groups is 2. The van der Waals surface area contributed by atoms with E-state index >= 15 is 0 Å². The highest BCUT2D eigenvalue weighted by Gasteiger charge is 2.47. The fourth-order valence-electron chi connectivity index (χ4n) is 5.84. The monoisotopic (exact) mass is 661 g/mol. The van der Waals surface area contributed by atoms with E-state index in [1.165, 1.54) is 6.20 Å². The Morgan fingerprint density at radius 3 is 2.21 bits per heavy atom. The molecular formula is C38H52FN3O4Si. The maximum absolute atomic E-state index is 14.0. The maximum Gasteiger partial charge on any atom is 0.410 e. The standard InChI is InChI=1S/C38H52FN3O4Si/c1-26-22-28(24-40-34(26)39)25-41(8)35(43)30-18-16-27(17-19-30)23-31-20-21-32(42(31)36(44)45-37(2,3)4)33(29-14-12-11-13-15-29)46-47(9,10)38(5,6)7/h11-19,22,24,31-33H,20-21,23,25H2,1-10H3/t31-,32+,33+/m0/s1. The van der Waals surface area contributed by atoms with Crippen LogP contribution in [-0.2, 0) is 22.1 Å². The Hall–Kier alpha value is -3.56. The van der Waals surface area contributed by atoms with Gasteiger partial charge in [-0.1, -0.05) is 63.2 Å². The molecular weight excluding hydrogens is 610 g/mol. The highest BCUT2D eigenvalue weighted by molar-refractivity contribution is 6.74. The third-order valence-corrected chi connectivity index (χ3v) is 13.8. The molecule has 1 aliphatic rings. The van der Waals surface area contributed by atoms with Gasteiger partial charge in [0.25, 0.3) is 5.91 Å². The van der Waals surface area contributed by atoms with E-state index in [0.29, 0.717) is 24.1 Å². The van der Waals surface area contributed by atoms with Crippen molar-refractivity contribution in [3.8, 4) is 0 Å². The van der Waals surface area contributed by atoms with E-state index in [9.17, 15) is 14.0 Å². The van der Waals surface area contributed by atoms with Crippen molar-refractivity contribution >= 4 is 20.3 Å². The second kappa shape index (κ2) is 14.3. The zero-order valence-corrected chi connectivity index (χ0v) is 30.8. The molecule has 254 valence electrons. The fraction of sp³-hybridized carbons (Fsp3) is 0.500. The Morgan fingerprint density at radius 2 is 1.64 bits per heavy atom. The maximum atomic E-state index is 14.0. The molecule has 4 rings (SSSR count). The van der Waals surface area contributed by atoms with E-state index < -0.39 is 19.9 Å². The molecule has 0 saturated carbocycles. The van der Waals surface area contributed by atoms with Gasteiger partial charge >= 0.3 is 6.09 Å². The minimum atomic E-state index is -2.22. The van der Waals surface area contributed by atoms with Crippen molar-refractivity contribution in [3.05, 3.63) is 101 Å². The number of rotatable bonds is 9. The van der Waals surface area contributed by atoms with Crippen LogP contribution in [0.15, 0.2) is 66.9 Å². The van der Waals surface area contributed by atoms with E-state index in [2.05, 4.69) is 51.0 Å². The average Bonchev–Trinajstić information content (AvgIpc) is 3.40. The van der Waals surface area contributed by atoms with Crippen molar-refractivity contribution in [2.75, 3.05) is 7.05 Å². The molecule has 3 aromatic rings. The van der Waals surface area contributed by atoms with Gasteiger partial charge in [0.2, 0.25) is 5.95 Å². The smallest absolute Gasteiger partial charge is 0.410 e. The van der Waals surface area contributed by atoms with Crippen LogP contribution in [0.1, 0.15) is 93.1 Å². The summed E-state index contributed by atoms with van der Waals surface area (Å²) >= 11 is 0. The lowest BCUT2D eigenvalue weighted by Gasteiger charge is -2.43. The molecule has 0 bridgehead atoms. The molecule has 1 saturated heterocycles. The molecule has 1 fully saturated rings. The number of pyridine rings is 1. The molecule has 1 aliphatic heterocycles. The van der Waals surface area contributed by atoms with Crippen LogP contribution in [0.25, 0.3) is 0 Å². The molecule has 0 radical (unpaired) electrons. The van der Waals surface area contributed by atoms with E-state index in [4.69, 9.17) is 9.16 Å². The van der Waals surface area contributed by atoms with Gasteiger partial charge in [-0.25, -0.2) is 9.78 Å². The zero-order chi connectivity index (χ0) is 34.7. The van der Waals surface area contributed by atoms with Crippen LogP contribution >= 0.6 is 0 Å². The van der Waals surface area contributed by atoms with Gasteiger partial charge in [-0.2, -0.15) is 4.39 Å². The summed E-state index contributed by atoms with van der Waals surface area (Å²) in [7, 11) is -0.494. The highest BCUT2D eigenvalue weighted by Crippen LogP contribution is 2.44. The second-order valence-corrected chi connectivity index (χ2v) is 20.2. The number of ether oxygens (including phenoxy) is 1. The van der Waals surface area contributed by atoms with Gasteiger partial charge < -0.3 is 14.1 Å². The highest BCUT2D eigenvalue weighted by atomic mass is 28.4. The van der Waals surface area contributed by atoms with Crippen LogP contribution in [0.3, 0.4) is 0 Å². The summed E-state index contributed by atoms with van der Waals surface area (Å²) in [4.78, 5) is 34.5. The van der Waals surface area contributed by atoms with Gasteiger partial charge in [0.05, 0.1) is 12.1 Å². The Bertz CT molecular complexity index is 1530. The molecule has 47 heavy (non-hydrogen) atoms. The van der Waals surface area contributed by atoms with E-state index in [1.807, 2.05) is 68.1 Å². The molecule has 0 spiro atoms. The van der Waals surface area contributed by atoms with Gasteiger partial charge in [0, 0.05) is 37.0 Å². The predicted molar refractivity (Wildman–Crippen MR) is 187 cm³/mol. The number of aryl methyl sites for hydroxylation is 1. The molecule has 0 unspecified atom stereocenters. The number of halogens is 1. The van der Waals surface area contributed by atoms with Crippen molar-refractivity contribution in [2.24, 2.45) is 0 Å². The molecule has 7 nitrogen and oxygen atoms in total. The van der Waals surface area contributed by atoms with Crippen LogP contribution in [-0.4, -0.2) is 59.8 Å². The number of amides is 2. The summed E-state index contributed by atoms with van der Waals surface area (Å²) in [5.41, 5.74) is 3.22. The first-order chi connectivity index (χ1) is 21.9. The summed E-state index contributed by atoms with van der Waals surface area (Å²) in [5, 5.41) is -0.00309. The fourth-order valence-corrected chi connectivity index (χ4v) is 7.12. The Kier molecular flexibility index (Phi) is 11.0. The summed E-state index contributed by atoms with van der Waals surface area (Å²) in [6.07, 6.45) is 3.07. The van der Waals surface area contributed by atoms with Crippen molar-refractivity contribution in [3.63, 3.8) is 0 Å². The van der Waals surface area contributed by atoms with Crippen LogP contribution in [0.5, 0.6) is 0 Å². The van der Waals surface area contributed by atoms with Gasteiger partial charge in [-0.3, -0.25) is 9.69 Å². The topological polar surface area (TPSA) is 72.0 Å². The number of carbonyl (C=O) groups excluding carboxylic acids is 2. The molecule has 9 heteroatoms. The largest absolute Gasteiger partial charge is 0.444 e. The minimum absolute atomic E-state index is 0.00309. The average molecular weight is 662 g/mol. The van der Waals surface area contributed by atoms with Gasteiger partial charge in [0.1, 0.15) is 5.60 Å². The van der Waals surface area contributed by atoms with E-state index in [-0.39, 0.29) is 35.2 Å². The normalized spacial score (nSPS) is 17.8. The quantitative estimate of drug-likeness (QED) is 0.169. The zero-order valence-electron chi connectivity index (χ0n) is 29.8. The first kappa shape index (κ1) is 36.3. The number of nitrogens with zero attached hydrogens (tertiary/aromatic N) is 3. The molecule has 2 heterocycles. The number of benzene rings is 2. The van der Waals surface area contributed by atoms with Gasteiger partial charge in [0.15, 0.2) is 8.32 Å². The molecule has 0 aliphatic carbocycles.